The van der Waals surface area contributed by atoms with Gasteiger partial charge in [-0.1, -0.05) is 36.4 Å². The number of hydrogen-bond acceptors (Lipinski definition) is 4. The van der Waals surface area contributed by atoms with Crippen LogP contribution in [0.4, 0.5) is 10.1 Å². The summed E-state index contributed by atoms with van der Waals surface area (Å²) in [5, 5.41) is 14.4. The van der Waals surface area contributed by atoms with Crippen molar-refractivity contribution in [2.45, 2.75) is 38.7 Å². The lowest BCUT2D eigenvalue weighted by Crippen LogP contribution is -2.48. The molecule has 0 heterocycles. The summed E-state index contributed by atoms with van der Waals surface area (Å²) in [6.07, 6.45) is 0.0893. The molecule has 5 heteroatoms. The largest absolute Gasteiger partial charge is 0.389 e. The van der Waals surface area contributed by atoms with E-state index in [0.29, 0.717) is 11.3 Å². The van der Waals surface area contributed by atoms with Crippen LogP contribution < -0.4 is 5.32 Å². The van der Waals surface area contributed by atoms with Crippen LogP contribution in [0, 0.1) is 11.7 Å². The lowest BCUT2D eigenvalue weighted by molar-refractivity contribution is -0.131. The van der Waals surface area contributed by atoms with Crippen LogP contribution in [0.3, 0.4) is 0 Å². The lowest BCUT2D eigenvalue weighted by Gasteiger charge is -2.43. The van der Waals surface area contributed by atoms with E-state index in [1.165, 1.54) is 19.9 Å². The van der Waals surface area contributed by atoms with Crippen molar-refractivity contribution in [2.24, 2.45) is 5.92 Å². The van der Waals surface area contributed by atoms with Crippen LogP contribution in [0.15, 0.2) is 65.9 Å². The van der Waals surface area contributed by atoms with Gasteiger partial charge in [0, 0.05) is 29.3 Å². The Kier molecular flexibility index (Phi) is 5.47. The first kappa shape index (κ1) is 20.0. The van der Waals surface area contributed by atoms with Gasteiger partial charge in [-0.05, 0) is 44.5 Å². The Morgan fingerprint density at radius 2 is 1.68 bits per heavy atom. The Morgan fingerprint density at radius 3 is 2.25 bits per heavy atom. The van der Waals surface area contributed by atoms with Gasteiger partial charge in [0.05, 0.1) is 11.5 Å². The Labute approximate surface area is 164 Å². The highest BCUT2D eigenvalue weighted by Crippen LogP contribution is 2.48. The van der Waals surface area contributed by atoms with E-state index in [1.54, 1.807) is 25.1 Å². The number of carbonyl (C=O) groups is 2. The molecule has 0 amide bonds. The number of anilines is 1. The van der Waals surface area contributed by atoms with E-state index < -0.39 is 23.3 Å². The van der Waals surface area contributed by atoms with Crippen molar-refractivity contribution >= 4 is 17.3 Å². The van der Waals surface area contributed by atoms with Crippen LogP contribution in [-0.2, 0) is 9.59 Å². The van der Waals surface area contributed by atoms with E-state index >= 15 is 0 Å². The SMILES string of the molecule is CC(=O)C1=C(Nc2ccccc2)C[C@@](C)(O)[C@@H](C(C)=O)[C@H]1c1ccccc1F. The van der Waals surface area contributed by atoms with E-state index in [4.69, 9.17) is 0 Å². The number of rotatable bonds is 5. The topological polar surface area (TPSA) is 66.4 Å². The van der Waals surface area contributed by atoms with Gasteiger partial charge < -0.3 is 10.4 Å². The number of halogens is 1. The van der Waals surface area contributed by atoms with Crippen LogP contribution in [-0.4, -0.2) is 22.3 Å². The standard InChI is InChI=1S/C23H24FNO3/c1-14(26)20-19(25-16-9-5-4-6-10-16)13-23(3,28)22(15(2)27)21(20)17-11-7-8-12-18(17)24/h4-12,21-22,25,28H,13H2,1-3H3/t21-,22-,23+/m0/s1. The molecule has 2 aromatic carbocycles. The van der Waals surface area contributed by atoms with Gasteiger partial charge >= 0.3 is 0 Å². The zero-order valence-electron chi connectivity index (χ0n) is 16.2. The number of allylic oxidation sites excluding steroid dienone is 1. The molecule has 0 unspecified atom stereocenters. The van der Waals surface area contributed by atoms with Crippen molar-refractivity contribution in [2.75, 3.05) is 5.32 Å². The normalized spacial score (nSPS) is 24.8. The summed E-state index contributed by atoms with van der Waals surface area (Å²) >= 11 is 0. The Morgan fingerprint density at radius 1 is 1.07 bits per heavy atom. The molecule has 1 aliphatic rings. The minimum absolute atomic E-state index is 0.0893. The molecular weight excluding hydrogens is 357 g/mol. The summed E-state index contributed by atoms with van der Waals surface area (Å²) in [4.78, 5) is 25.2. The number of nitrogens with one attached hydrogen (secondary N) is 1. The van der Waals surface area contributed by atoms with Gasteiger partial charge in [-0.25, -0.2) is 4.39 Å². The first-order chi connectivity index (χ1) is 13.2. The summed E-state index contributed by atoms with van der Waals surface area (Å²) in [5.74, 6) is -2.84. The van der Waals surface area contributed by atoms with Gasteiger partial charge in [0.2, 0.25) is 0 Å². The molecule has 0 saturated heterocycles. The minimum Gasteiger partial charge on any atom is -0.389 e. The van der Waals surface area contributed by atoms with Crippen molar-refractivity contribution in [1.82, 2.24) is 0 Å². The molecule has 0 fully saturated rings. The van der Waals surface area contributed by atoms with Crippen molar-refractivity contribution in [1.29, 1.82) is 0 Å². The van der Waals surface area contributed by atoms with Crippen LogP contribution in [0.5, 0.6) is 0 Å². The van der Waals surface area contributed by atoms with Crippen molar-refractivity contribution in [3.63, 3.8) is 0 Å². The number of hydrogen-bond donors (Lipinski definition) is 2. The maximum atomic E-state index is 14.7. The van der Waals surface area contributed by atoms with Crippen LogP contribution in [0.1, 0.15) is 38.7 Å². The smallest absolute Gasteiger partial charge is 0.158 e. The third kappa shape index (κ3) is 3.76. The Hall–Kier alpha value is -2.79. The van der Waals surface area contributed by atoms with Crippen molar-refractivity contribution in [3.8, 4) is 0 Å². The zero-order chi connectivity index (χ0) is 20.5. The summed E-state index contributed by atoms with van der Waals surface area (Å²) in [6.45, 7) is 4.35. The molecule has 0 bridgehead atoms. The second kappa shape index (κ2) is 7.68. The zero-order valence-corrected chi connectivity index (χ0v) is 16.2. The highest BCUT2D eigenvalue weighted by Gasteiger charge is 2.49. The fourth-order valence-electron chi connectivity index (χ4n) is 4.25. The number of Topliss-reactive ketones (excluding diaryl/α,β-unsaturated/α-hetero) is 2. The molecule has 0 aromatic heterocycles. The van der Waals surface area contributed by atoms with Crippen molar-refractivity contribution < 1.29 is 19.1 Å². The summed E-state index contributed by atoms with van der Waals surface area (Å²) < 4.78 is 14.7. The summed E-state index contributed by atoms with van der Waals surface area (Å²) in [7, 11) is 0. The molecule has 2 N–H and O–H groups in total. The number of ketones is 2. The third-order valence-electron chi connectivity index (χ3n) is 5.30. The molecule has 28 heavy (non-hydrogen) atoms. The van der Waals surface area contributed by atoms with E-state index in [9.17, 15) is 19.1 Å². The van der Waals surface area contributed by atoms with Crippen molar-refractivity contribution in [3.05, 3.63) is 77.2 Å². The predicted octanol–water partition coefficient (Wildman–Crippen LogP) is 4.22. The van der Waals surface area contributed by atoms with Gasteiger partial charge in [0.15, 0.2) is 5.78 Å². The van der Waals surface area contributed by atoms with E-state index in [0.717, 1.165) is 5.69 Å². The molecule has 0 spiro atoms. The molecule has 2 aromatic rings. The predicted molar refractivity (Wildman–Crippen MR) is 106 cm³/mol. The molecule has 3 rings (SSSR count). The lowest BCUT2D eigenvalue weighted by atomic mass is 9.63. The maximum Gasteiger partial charge on any atom is 0.158 e. The van der Waals surface area contributed by atoms with Gasteiger partial charge in [0.1, 0.15) is 11.6 Å². The van der Waals surface area contributed by atoms with Gasteiger partial charge in [-0.2, -0.15) is 0 Å². The number of para-hydroxylation sites is 1. The number of aliphatic hydroxyl groups is 1. The fraction of sp³-hybridized carbons (Fsp3) is 0.304. The Balaban J connectivity index is 2.24. The molecular formula is C23H24FNO3. The maximum absolute atomic E-state index is 14.7. The first-order valence-corrected chi connectivity index (χ1v) is 9.25. The van der Waals surface area contributed by atoms with E-state index in [2.05, 4.69) is 5.32 Å². The number of benzene rings is 2. The molecule has 3 atom stereocenters. The summed E-state index contributed by atoms with van der Waals surface area (Å²) in [6, 6.07) is 15.4. The second-order valence-corrected chi connectivity index (χ2v) is 7.56. The molecule has 146 valence electrons. The Bertz CT molecular complexity index is 934. The molecule has 4 nitrogen and oxygen atoms in total. The van der Waals surface area contributed by atoms with Gasteiger partial charge in [-0.3, -0.25) is 9.59 Å². The van der Waals surface area contributed by atoms with Crippen LogP contribution in [0.25, 0.3) is 0 Å². The van der Waals surface area contributed by atoms with Crippen LogP contribution in [0.2, 0.25) is 0 Å². The average Bonchev–Trinajstić information content (AvgIpc) is 2.61. The van der Waals surface area contributed by atoms with E-state index in [-0.39, 0.29) is 23.6 Å². The molecule has 0 saturated carbocycles. The van der Waals surface area contributed by atoms with E-state index in [1.807, 2.05) is 30.3 Å². The summed E-state index contributed by atoms with van der Waals surface area (Å²) in [5.41, 5.74) is 0.394. The third-order valence-corrected chi connectivity index (χ3v) is 5.30. The second-order valence-electron chi connectivity index (χ2n) is 7.56. The first-order valence-electron chi connectivity index (χ1n) is 9.25. The van der Waals surface area contributed by atoms with Crippen LogP contribution >= 0.6 is 0 Å². The molecule has 1 aliphatic carbocycles. The number of carbonyl (C=O) groups excluding carboxylic acids is 2. The van der Waals surface area contributed by atoms with Gasteiger partial charge in [-0.15, -0.1) is 0 Å². The quantitative estimate of drug-likeness (QED) is 0.814. The average molecular weight is 381 g/mol. The minimum atomic E-state index is -1.44. The highest BCUT2D eigenvalue weighted by molar-refractivity contribution is 5.98. The van der Waals surface area contributed by atoms with Gasteiger partial charge in [0.25, 0.3) is 0 Å². The molecule has 0 radical (unpaired) electrons. The fourth-order valence-corrected chi connectivity index (χ4v) is 4.25. The monoisotopic (exact) mass is 381 g/mol. The highest BCUT2D eigenvalue weighted by atomic mass is 19.1. The molecule has 0 aliphatic heterocycles.